The molecule has 0 atom stereocenters. The third-order valence-electron chi connectivity index (χ3n) is 2.75. The van der Waals surface area contributed by atoms with Crippen LogP contribution in [0.2, 0.25) is 5.02 Å². The molecular formula is C13H17ClN4. The van der Waals surface area contributed by atoms with Crippen LogP contribution in [-0.4, -0.2) is 21.5 Å². The van der Waals surface area contributed by atoms with Crippen LogP contribution in [0.4, 0.5) is 0 Å². The van der Waals surface area contributed by atoms with Gasteiger partial charge in [-0.15, -0.1) is 5.10 Å². The third-order valence-corrected chi connectivity index (χ3v) is 2.99. The summed E-state index contributed by atoms with van der Waals surface area (Å²) >= 11 is 6.04. The largest absolute Gasteiger partial charge is 0.311 e. The highest BCUT2D eigenvalue weighted by atomic mass is 35.5. The predicted molar refractivity (Wildman–Crippen MR) is 73.1 cm³/mol. The Hall–Kier alpha value is -1.39. The molecule has 0 spiro atoms. The minimum atomic E-state index is 0.707. The average Bonchev–Trinajstić information content (AvgIpc) is 2.81. The minimum Gasteiger partial charge on any atom is -0.311 e. The number of hydrogen-bond acceptors (Lipinski definition) is 3. The van der Waals surface area contributed by atoms with Crippen molar-refractivity contribution in [1.29, 1.82) is 0 Å². The molecule has 1 heterocycles. The molecule has 5 heteroatoms. The van der Waals surface area contributed by atoms with E-state index in [1.165, 1.54) is 0 Å². The average molecular weight is 265 g/mol. The summed E-state index contributed by atoms with van der Waals surface area (Å²) in [7, 11) is 0. The van der Waals surface area contributed by atoms with E-state index in [9.17, 15) is 0 Å². The zero-order valence-electron chi connectivity index (χ0n) is 10.7. The fraction of sp³-hybridized carbons (Fsp3) is 0.385. The summed E-state index contributed by atoms with van der Waals surface area (Å²) in [6.45, 7) is 5.92. The molecular weight excluding hydrogens is 248 g/mol. The van der Waals surface area contributed by atoms with E-state index in [-0.39, 0.29) is 0 Å². The predicted octanol–water partition coefficient (Wildman–Crippen LogP) is 2.73. The van der Waals surface area contributed by atoms with Crippen LogP contribution in [0.1, 0.15) is 24.6 Å². The van der Waals surface area contributed by atoms with Crippen molar-refractivity contribution in [3.8, 4) is 5.69 Å². The number of nitrogens with one attached hydrogen (secondary N) is 1. The quantitative estimate of drug-likeness (QED) is 0.845. The van der Waals surface area contributed by atoms with E-state index < -0.39 is 0 Å². The summed E-state index contributed by atoms with van der Waals surface area (Å²) in [4.78, 5) is 0. The van der Waals surface area contributed by atoms with E-state index in [0.717, 1.165) is 36.5 Å². The second kappa shape index (κ2) is 5.98. The Morgan fingerprint density at radius 3 is 3.00 bits per heavy atom. The van der Waals surface area contributed by atoms with E-state index in [1.54, 1.807) is 6.20 Å². The maximum absolute atomic E-state index is 6.04. The van der Waals surface area contributed by atoms with Gasteiger partial charge in [-0.1, -0.05) is 29.8 Å². The van der Waals surface area contributed by atoms with E-state index in [2.05, 4.69) is 22.6 Å². The maximum atomic E-state index is 6.04. The van der Waals surface area contributed by atoms with Gasteiger partial charge in [0.05, 0.1) is 17.6 Å². The van der Waals surface area contributed by atoms with Crippen LogP contribution in [0.5, 0.6) is 0 Å². The van der Waals surface area contributed by atoms with Gasteiger partial charge >= 0.3 is 0 Å². The molecule has 0 aliphatic heterocycles. The summed E-state index contributed by atoms with van der Waals surface area (Å²) < 4.78 is 1.84. The van der Waals surface area contributed by atoms with Crippen molar-refractivity contribution in [3.05, 3.63) is 40.7 Å². The summed E-state index contributed by atoms with van der Waals surface area (Å²) in [6.07, 6.45) is 2.89. The molecule has 0 radical (unpaired) electrons. The SMILES string of the molecule is CCCNCc1cnnn1-c1cc(Cl)ccc1C. The van der Waals surface area contributed by atoms with E-state index in [0.29, 0.717) is 5.02 Å². The van der Waals surface area contributed by atoms with Crippen LogP contribution in [0.3, 0.4) is 0 Å². The van der Waals surface area contributed by atoms with Crippen molar-refractivity contribution in [2.75, 3.05) is 6.54 Å². The zero-order chi connectivity index (χ0) is 13.0. The molecule has 0 bridgehead atoms. The van der Waals surface area contributed by atoms with Gasteiger partial charge in [0.15, 0.2) is 0 Å². The number of aromatic nitrogens is 3. The number of halogens is 1. The van der Waals surface area contributed by atoms with Crippen LogP contribution in [0.25, 0.3) is 5.69 Å². The zero-order valence-corrected chi connectivity index (χ0v) is 11.4. The minimum absolute atomic E-state index is 0.707. The van der Waals surface area contributed by atoms with Crippen molar-refractivity contribution in [3.63, 3.8) is 0 Å². The summed E-state index contributed by atoms with van der Waals surface area (Å²) in [5.41, 5.74) is 3.14. The lowest BCUT2D eigenvalue weighted by Gasteiger charge is -2.10. The Labute approximate surface area is 112 Å². The van der Waals surface area contributed by atoms with Gasteiger partial charge in [0.2, 0.25) is 0 Å². The molecule has 0 amide bonds. The lowest BCUT2D eigenvalue weighted by molar-refractivity contribution is 0.640. The highest BCUT2D eigenvalue weighted by Crippen LogP contribution is 2.19. The topological polar surface area (TPSA) is 42.7 Å². The van der Waals surface area contributed by atoms with Crippen molar-refractivity contribution >= 4 is 11.6 Å². The molecule has 0 aliphatic rings. The molecule has 2 aromatic rings. The molecule has 0 saturated carbocycles. The van der Waals surface area contributed by atoms with Gasteiger partial charge in [-0.25, -0.2) is 4.68 Å². The Morgan fingerprint density at radius 1 is 1.39 bits per heavy atom. The lowest BCUT2D eigenvalue weighted by atomic mass is 10.2. The Kier molecular flexibility index (Phi) is 4.33. The maximum Gasteiger partial charge on any atom is 0.0783 e. The second-order valence-corrected chi connectivity index (χ2v) is 4.68. The fourth-order valence-corrected chi connectivity index (χ4v) is 1.95. The van der Waals surface area contributed by atoms with Gasteiger partial charge in [-0.3, -0.25) is 0 Å². The van der Waals surface area contributed by atoms with Crippen molar-refractivity contribution < 1.29 is 0 Å². The molecule has 4 nitrogen and oxygen atoms in total. The number of nitrogens with zero attached hydrogens (tertiary/aromatic N) is 3. The summed E-state index contributed by atoms with van der Waals surface area (Å²) in [5.74, 6) is 0. The molecule has 2 rings (SSSR count). The lowest BCUT2D eigenvalue weighted by Crippen LogP contribution is -2.17. The molecule has 1 aromatic heterocycles. The molecule has 96 valence electrons. The van der Waals surface area contributed by atoms with E-state index >= 15 is 0 Å². The van der Waals surface area contributed by atoms with Crippen molar-refractivity contribution in [2.24, 2.45) is 0 Å². The summed E-state index contributed by atoms with van der Waals surface area (Å²) in [5, 5.41) is 12.2. The van der Waals surface area contributed by atoms with Crippen molar-refractivity contribution in [1.82, 2.24) is 20.3 Å². The molecule has 1 aromatic carbocycles. The Balaban J connectivity index is 2.27. The molecule has 1 N–H and O–H groups in total. The highest BCUT2D eigenvalue weighted by Gasteiger charge is 2.08. The van der Waals surface area contributed by atoms with Gasteiger partial charge in [0.25, 0.3) is 0 Å². The molecule has 0 fully saturated rings. The first-order chi connectivity index (χ1) is 8.72. The van der Waals surface area contributed by atoms with Gasteiger partial charge in [-0.05, 0) is 37.6 Å². The molecule has 18 heavy (non-hydrogen) atoms. The van der Waals surface area contributed by atoms with Gasteiger partial charge in [0.1, 0.15) is 0 Å². The van der Waals surface area contributed by atoms with Gasteiger partial charge in [-0.2, -0.15) is 0 Å². The first-order valence-corrected chi connectivity index (χ1v) is 6.47. The fourth-order valence-electron chi connectivity index (χ4n) is 1.78. The number of benzene rings is 1. The first-order valence-electron chi connectivity index (χ1n) is 6.09. The summed E-state index contributed by atoms with van der Waals surface area (Å²) in [6, 6.07) is 5.78. The normalized spacial score (nSPS) is 10.8. The first kappa shape index (κ1) is 13.1. The standard InChI is InChI=1S/C13H17ClN4/c1-3-6-15-8-12-9-16-17-18(12)13-7-11(14)5-4-10(13)2/h4-5,7,9,15H,3,6,8H2,1-2H3. The van der Waals surface area contributed by atoms with Crippen LogP contribution < -0.4 is 5.32 Å². The van der Waals surface area contributed by atoms with Crippen LogP contribution in [0, 0.1) is 6.92 Å². The Morgan fingerprint density at radius 2 is 2.22 bits per heavy atom. The monoisotopic (exact) mass is 264 g/mol. The van der Waals surface area contributed by atoms with Crippen LogP contribution in [-0.2, 0) is 6.54 Å². The molecule has 0 saturated heterocycles. The third kappa shape index (κ3) is 2.89. The van der Waals surface area contributed by atoms with Gasteiger partial charge in [0, 0.05) is 11.6 Å². The second-order valence-electron chi connectivity index (χ2n) is 4.24. The number of aryl methyl sites for hydroxylation is 1. The van der Waals surface area contributed by atoms with Crippen LogP contribution >= 0.6 is 11.6 Å². The van der Waals surface area contributed by atoms with Crippen molar-refractivity contribution in [2.45, 2.75) is 26.8 Å². The molecule has 0 aliphatic carbocycles. The van der Waals surface area contributed by atoms with E-state index in [1.807, 2.05) is 29.8 Å². The number of hydrogen-bond donors (Lipinski definition) is 1. The number of rotatable bonds is 5. The van der Waals surface area contributed by atoms with Gasteiger partial charge < -0.3 is 5.32 Å². The molecule has 0 unspecified atom stereocenters. The smallest absolute Gasteiger partial charge is 0.0783 e. The van der Waals surface area contributed by atoms with E-state index in [4.69, 9.17) is 11.6 Å². The van der Waals surface area contributed by atoms with Crippen LogP contribution in [0.15, 0.2) is 24.4 Å². The highest BCUT2D eigenvalue weighted by molar-refractivity contribution is 6.30. The Bertz CT molecular complexity index is 521.